The van der Waals surface area contributed by atoms with E-state index >= 15 is 0 Å². The summed E-state index contributed by atoms with van der Waals surface area (Å²) in [6, 6.07) is 8.18. The lowest BCUT2D eigenvalue weighted by atomic mass is 9.93. The molecule has 1 heterocycles. The van der Waals surface area contributed by atoms with Crippen LogP contribution in [0.25, 0.3) is 0 Å². The van der Waals surface area contributed by atoms with Crippen LogP contribution in [-0.2, 0) is 6.42 Å². The van der Waals surface area contributed by atoms with E-state index in [9.17, 15) is 0 Å². The van der Waals surface area contributed by atoms with Gasteiger partial charge >= 0.3 is 0 Å². The Morgan fingerprint density at radius 1 is 1.46 bits per heavy atom. The van der Waals surface area contributed by atoms with Gasteiger partial charge < -0.3 is 4.90 Å². The highest BCUT2D eigenvalue weighted by atomic mass is 35.5. The quantitative estimate of drug-likeness (QED) is 0.701. The van der Waals surface area contributed by atoms with Gasteiger partial charge in [0.25, 0.3) is 0 Å². The van der Waals surface area contributed by atoms with E-state index in [1.165, 1.54) is 25.1 Å². The van der Waals surface area contributed by atoms with Crippen LogP contribution in [0.15, 0.2) is 24.3 Å². The molecule has 0 unspecified atom stereocenters. The highest BCUT2D eigenvalue weighted by molar-refractivity contribution is 6.30. The zero-order valence-electron chi connectivity index (χ0n) is 7.83. The maximum Gasteiger partial charge on any atom is 0.0408 e. The van der Waals surface area contributed by atoms with E-state index in [1.54, 1.807) is 0 Å². The highest BCUT2D eigenvalue weighted by Gasteiger charge is 2.22. The molecule has 1 fully saturated rings. The van der Waals surface area contributed by atoms with Gasteiger partial charge in [-0.15, -0.1) is 0 Å². The molecule has 1 aromatic carbocycles. The van der Waals surface area contributed by atoms with Crippen LogP contribution >= 0.6 is 11.6 Å². The number of halogens is 1. The van der Waals surface area contributed by atoms with Crippen molar-refractivity contribution in [3.8, 4) is 0 Å². The predicted molar refractivity (Wildman–Crippen MR) is 56.1 cm³/mol. The van der Waals surface area contributed by atoms with Crippen LogP contribution < -0.4 is 0 Å². The van der Waals surface area contributed by atoms with Gasteiger partial charge in [0.15, 0.2) is 0 Å². The lowest BCUT2D eigenvalue weighted by Gasteiger charge is -2.36. The average Bonchev–Trinajstić information content (AvgIpc) is 2.01. The lowest BCUT2D eigenvalue weighted by molar-refractivity contribution is 0.134. The predicted octanol–water partition coefficient (Wildman–Crippen LogP) is 2.44. The van der Waals surface area contributed by atoms with Crippen molar-refractivity contribution >= 4 is 11.6 Å². The van der Waals surface area contributed by atoms with Gasteiger partial charge in [-0.25, -0.2) is 0 Å². The summed E-state index contributed by atoms with van der Waals surface area (Å²) in [6.45, 7) is 2.46. The molecule has 13 heavy (non-hydrogen) atoms. The van der Waals surface area contributed by atoms with Crippen LogP contribution in [0.3, 0.4) is 0 Å². The fourth-order valence-corrected chi connectivity index (χ4v) is 2.17. The molecule has 1 saturated heterocycles. The molecule has 70 valence electrons. The summed E-state index contributed by atoms with van der Waals surface area (Å²) in [5.74, 6) is 0.837. The Kier molecular flexibility index (Phi) is 2.56. The van der Waals surface area contributed by atoms with Crippen LogP contribution in [0.2, 0.25) is 5.02 Å². The minimum absolute atomic E-state index is 0.837. The van der Waals surface area contributed by atoms with Crippen LogP contribution in [0.4, 0.5) is 0 Å². The monoisotopic (exact) mass is 195 g/mol. The molecule has 0 aliphatic carbocycles. The maximum atomic E-state index is 5.91. The van der Waals surface area contributed by atoms with Gasteiger partial charge in [-0.05, 0) is 37.1 Å². The van der Waals surface area contributed by atoms with Gasteiger partial charge in [0, 0.05) is 18.1 Å². The van der Waals surface area contributed by atoms with E-state index in [-0.39, 0.29) is 0 Å². The molecule has 2 rings (SSSR count). The largest absolute Gasteiger partial charge is 0.306 e. The smallest absolute Gasteiger partial charge is 0.0408 e. The zero-order chi connectivity index (χ0) is 9.26. The Morgan fingerprint density at radius 2 is 2.23 bits per heavy atom. The number of hydrogen-bond acceptors (Lipinski definition) is 1. The van der Waals surface area contributed by atoms with Crippen molar-refractivity contribution in [3.05, 3.63) is 34.9 Å². The summed E-state index contributed by atoms with van der Waals surface area (Å²) < 4.78 is 0. The van der Waals surface area contributed by atoms with Gasteiger partial charge in [0.1, 0.15) is 0 Å². The summed E-state index contributed by atoms with van der Waals surface area (Å²) in [6.07, 6.45) is 1.17. The third-order valence-electron chi connectivity index (χ3n) is 2.55. The van der Waals surface area contributed by atoms with Gasteiger partial charge in [-0.3, -0.25) is 0 Å². The first-order valence-corrected chi connectivity index (χ1v) is 5.05. The summed E-state index contributed by atoms with van der Waals surface area (Å²) in [7, 11) is 2.16. The van der Waals surface area contributed by atoms with E-state index in [4.69, 9.17) is 11.6 Å². The van der Waals surface area contributed by atoms with Crippen LogP contribution in [0, 0.1) is 5.92 Å². The number of hydrogen-bond donors (Lipinski definition) is 0. The van der Waals surface area contributed by atoms with Crippen molar-refractivity contribution in [1.29, 1.82) is 0 Å². The molecule has 1 nitrogen and oxygen atoms in total. The molecule has 2 heteroatoms. The van der Waals surface area contributed by atoms with E-state index in [0.29, 0.717) is 0 Å². The van der Waals surface area contributed by atoms with Crippen LogP contribution in [0.5, 0.6) is 0 Å². The molecule has 0 N–H and O–H groups in total. The number of rotatable bonds is 2. The third kappa shape index (κ3) is 2.23. The molecule has 0 saturated carbocycles. The van der Waals surface area contributed by atoms with E-state index in [2.05, 4.69) is 24.1 Å². The number of likely N-dealkylation sites (tertiary alicyclic amines) is 1. The Morgan fingerprint density at radius 3 is 2.85 bits per heavy atom. The van der Waals surface area contributed by atoms with Crippen molar-refractivity contribution < 1.29 is 0 Å². The van der Waals surface area contributed by atoms with Crippen molar-refractivity contribution in [3.63, 3.8) is 0 Å². The summed E-state index contributed by atoms with van der Waals surface area (Å²) in [5.41, 5.74) is 1.37. The Balaban J connectivity index is 1.94. The average molecular weight is 196 g/mol. The minimum atomic E-state index is 0.837. The first-order valence-electron chi connectivity index (χ1n) is 4.67. The second kappa shape index (κ2) is 3.69. The summed E-state index contributed by atoms with van der Waals surface area (Å²) in [5, 5.41) is 0.852. The van der Waals surface area contributed by atoms with Crippen LogP contribution in [-0.4, -0.2) is 25.0 Å². The standard InChI is InChI=1S/C11H14ClN/c1-13-7-10(8-13)5-9-3-2-4-11(12)6-9/h2-4,6,10H,5,7-8H2,1H3. The van der Waals surface area contributed by atoms with Crippen LogP contribution in [0.1, 0.15) is 5.56 Å². The summed E-state index contributed by atoms with van der Waals surface area (Å²) >= 11 is 5.91. The topological polar surface area (TPSA) is 3.24 Å². The van der Waals surface area contributed by atoms with E-state index < -0.39 is 0 Å². The van der Waals surface area contributed by atoms with E-state index in [0.717, 1.165) is 10.9 Å². The van der Waals surface area contributed by atoms with E-state index in [1.807, 2.05) is 12.1 Å². The fraction of sp³-hybridized carbons (Fsp3) is 0.455. The van der Waals surface area contributed by atoms with Gasteiger partial charge in [-0.1, -0.05) is 23.7 Å². The molecule has 0 aromatic heterocycles. The Hall–Kier alpha value is -0.530. The highest BCUT2D eigenvalue weighted by Crippen LogP contribution is 2.20. The minimum Gasteiger partial charge on any atom is -0.306 e. The van der Waals surface area contributed by atoms with Gasteiger partial charge in [-0.2, -0.15) is 0 Å². The summed E-state index contributed by atoms with van der Waals surface area (Å²) in [4.78, 5) is 2.34. The molecular formula is C11H14ClN. The number of nitrogens with zero attached hydrogens (tertiary/aromatic N) is 1. The Labute approximate surface area is 84.3 Å². The molecule has 0 amide bonds. The van der Waals surface area contributed by atoms with Crippen molar-refractivity contribution in [1.82, 2.24) is 4.90 Å². The molecule has 0 spiro atoms. The molecule has 0 radical (unpaired) electrons. The van der Waals surface area contributed by atoms with Crippen molar-refractivity contribution in [2.75, 3.05) is 20.1 Å². The lowest BCUT2D eigenvalue weighted by Crippen LogP contribution is -2.44. The van der Waals surface area contributed by atoms with Gasteiger partial charge in [0.05, 0.1) is 0 Å². The second-order valence-electron chi connectivity index (χ2n) is 3.92. The van der Waals surface area contributed by atoms with Crippen molar-refractivity contribution in [2.45, 2.75) is 6.42 Å². The molecule has 1 aliphatic rings. The fourth-order valence-electron chi connectivity index (χ4n) is 1.95. The molecule has 1 aliphatic heterocycles. The molecule has 1 aromatic rings. The van der Waals surface area contributed by atoms with Crippen molar-refractivity contribution in [2.24, 2.45) is 5.92 Å². The number of benzene rings is 1. The second-order valence-corrected chi connectivity index (χ2v) is 4.36. The normalized spacial score (nSPS) is 18.6. The SMILES string of the molecule is CN1CC(Cc2cccc(Cl)c2)C1. The maximum absolute atomic E-state index is 5.91. The molecule has 0 bridgehead atoms. The first kappa shape index (κ1) is 9.04. The molecule has 0 atom stereocenters. The zero-order valence-corrected chi connectivity index (χ0v) is 8.59. The Bertz CT molecular complexity index is 292. The molecular weight excluding hydrogens is 182 g/mol. The van der Waals surface area contributed by atoms with Gasteiger partial charge in [0.2, 0.25) is 0 Å². The first-order chi connectivity index (χ1) is 6.24. The third-order valence-corrected chi connectivity index (χ3v) is 2.79.